The second-order valence-electron chi connectivity index (χ2n) is 6.11. The summed E-state index contributed by atoms with van der Waals surface area (Å²) in [5.41, 5.74) is 4.07. The van der Waals surface area contributed by atoms with Gasteiger partial charge in [-0.3, -0.25) is 4.98 Å². The van der Waals surface area contributed by atoms with E-state index in [0.717, 1.165) is 28.0 Å². The van der Waals surface area contributed by atoms with Crippen LogP contribution in [-0.2, 0) is 0 Å². The largest absolute Gasteiger partial charge is 0.344 e. The van der Waals surface area contributed by atoms with Crippen LogP contribution in [0.3, 0.4) is 0 Å². The first kappa shape index (κ1) is 18.8. The molecule has 3 heterocycles. The van der Waals surface area contributed by atoms with E-state index < -0.39 is 0 Å². The van der Waals surface area contributed by atoms with E-state index in [1.54, 1.807) is 31.6 Å². The number of aromatic nitrogens is 4. The van der Waals surface area contributed by atoms with E-state index in [4.69, 9.17) is 11.6 Å². The van der Waals surface area contributed by atoms with Gasteiger partial charge >= 0.3 is 0 Å². The number of hydrogen-bond donors (Lipinski definition) is 2. The summed E-state index contributed by atoms with van der Waals surface area (Å²) in [6.07, 6.45) is 5.14. The topological polar surface area (TPSA) is 66.5 Å². The summed E-state index contributed by atoms with van der Waals surface area (Å²) in [4.78, 5) is 15.8. The molecule has 0 saturated carbocycles. The van der Waals surface area contributed by atoms with Crippen molar-refractivity contribution in [3.8, 4) is 0 Å². The lowest BCUT2D eigenvalue weighted by molar-refractivity contribution is 0.617. The van der Waals surface area contributed by atoms with E-state index in [9.17, 15) is 4.39 Å². The quantitative estimate of drug-likeness (QED) is 0.479. The summed E-state index contributed by atoms with van der Waals surface area (Å²) in [7, 11) is 0. The van der Waals surface area contributed by atoms with Gasteiger partial charge in [0.1, 0.15) is 11.5 Å². The van der Waals surface area contributed by atoms with E-state index in [1.807, 2.05) is 32.0 Å². The zero-order chi connectivity index (χ0) is 19.4. The van der Waals surface area contributed by atoms with Gasteiger partial charge in [0.25, 0.3) is 0 Å². The predicted octanol–water partition coefficient (Wildman–Crippen LogP) is 5.50. The lowest BCUT2D eigenvalue weighted by atomic mass is 10.2. The van der Waals surface area contributed by atoms with Crippen LogP contribution in [-0.4, -0.2) is 19.9 Å². The smallest absolute Gasteiger partial charge is 0.229 e. The highest BCUT2D eigenvalue weighted by molar-refractivity contribution is 6.35. The number of pyridine rings is 1. The van der Waals surface area contributed by atoms with Crippen LogP contribution >= 0.6 is 11.6 Å². The summed E-state index contributed by atoms with van der Waals surface area (Å²) in [6.45, 7) is 5.54. The first-order valence-corrected chi connectivity index (χ1v) is 8.73. The van der Waals surface area contributed by atoms with Crippen molar-refractivity contribution in [3.05, 3.63) is 76.6 Å². The number of aromatic amines is 1. The summed E-state index contributed by atoms with van der Waals surface area (Å²) >= 11 is 6.05. The maximum Gasteiger partial charge on any atom is 0.229 e. The Morgan fingerprint density at radius 1 is 1.11 bits per heavy atom. The summed E-state index contributed by atoms with van der Waals surface area (Å²) in [6, 6.07) is 8.97. The fourth-order valence-electron chi connectivity index (χ4n) is 2.49. The monoisotopic (exact) mass is 383 g/mol. The summed E-state index contributed by atoms with van der Waals surface area (Å²) in [5.74, 6) is 0.404. The molecule has 0 bridgehead atoms. The highest BCUT2D eigenvalue weighted by Gasteiger charge is 2.09. The third-order valence-corrected chi connectivity index (χ3v) is 4.21. The molecule has 0 aliphatic carbocycles. The minimum absolute atomic E-state index is 0.116. The number of halogens is 2. The molecule has 0 radical (unpaired) electrons. The van der Waals surface area contributed by atoms with E-state index >= 15 is 0 Å². The van der Waals surface area contributed by atoms with Crippen molar-refractivity contribution >= 4 is 34.3 Å². The molecule has 5 nitrogen and oxygen atoms in total. The van der Waals surface area contributed by atoms with Crippen LogP contribution in [0.15, 0.2) is 48.9 Å². The van der Waals surface area contributed by atoms with Crippen molar-refractivity contribution in [3.63, 3.8) is 0 Å². The molecule has 0 atom stereocenters. The number of anilines is 2. The van der Waals surface area contributed by atoms with Crippen molar-refractivity contribution in [2.24, 2.45) is 0 Å². The number of benzene rings is 1. The van der Waals surface area contributed by atoms with Crippen molar-refractivity contribution in [2.45, 2.75) is 20.8 Å². The molecule has 0 unspecified atom stereocenters. The van der Waals surface area contributed by atoms with Gasteiger partial charge < -0.3 is 10.3 Å². The normalized spacial score (nSPS) is 10.4. The maximum absolute atomic E-state index is 12.6. The highest BCUT2D eigenvalue weighted by Crippen LogP contribution is 2.25. The summed E-state index contributed by atoms with van der Waals surface area (Å²) in [5, 5.41) is 4.59. The van der Waals surface area contributed by atoms with Crippen LogP contribution in [0.1, 0.15) is 16.8 Å². The predicted molar refractivity (Wildman–Crippen MR) is 107 cm³/mol. The van der Waals surface area contributed by atoms with E-state index in [0.29, 0.717) is 16.5 Å². The lowest BCUT2D eigenvalue weighted by Crippen LogP contribution is -1.99. The van der Waals surface area contributed by atoms with Gasteiger partial charge in [0.05, 0.1) is 28.0 Å². The van der Waals surface area contributed by atoms with Crippen LogP contribution in [0.25, 0.3) is 11.0 Å². The fourth-order valence-corrected chi connectivity index (χ4v) is 2.77. The van der Waals surface area contributed by atoms with Gasteiger partial charge in [0.2, 0.25) is 5.95 Å². The number of aryl methyl sites for hydroxylation is 3. The zero-order valence-corrected chi connectivity index (χ0v) is 16.0. The molecule has 3 aromatic heterocycles. The molecule has 4 aromatic rings. The first-order chi connectivity index (χ1) is 12.9. The molecule has 138 valence electrons. The van der Waals surface area contributed by atoms with E-state index in [2.05, 4.69) is 25.3 Å². The van der Waals surface area contributed by atoms with Crippen molar-refractivity contribution in [1.82, 2.24) is 19.9 Å². The molecular formula is C20H19ClFN5. The van der Waals surface area contributed by atoms with Crippen LogP contribution in [0.5, 0.6) is 0 Å². The molecule has 0 spiro atoms. The van der Waals surface area contributed by atoms with Crippen LogP contribution in [0.2, 0.25) is 5.02 Å². The third kappa shape index (κ3) is 4.60. The fraction of sp³-hybridized carbons (Fsp3) is 0.150. The molecule has 0 aliphatic rings. The Hall–Kier alpha value is -2.99. The average molecular weight is 384 g/mol. The Morgan fingerprint density at radius 3 is 2.59 bits per heavy atom. The number of fused-ring (bicyclic) bond motifs is 1. The van der Waals surface area contributed by atoms with Crippen LogP contribution in [0, 0.1) is 26.6 Å². The Bertz CT molecular complexity index is 1060. The molecule has 1 aromatic carbocycles. The van der Waals surface area contributed by atoms with Gasteiger partial charge in [0, 0.05) is 12.4 Å². The Kier molecular flexibility index (Phi) is 5.66. The Balaban J connectivity index is 0.000000197. The number of rotatable bonds is 2. The van der Waals surface area contributed by atoms with Crippen LogP contribution < -0.4 is 5.32 Å². The molecule has 0 fully saturated rings. The number of nitrogens with zero attached hydrogens (tertiary/aromatic N) is 3. The number of H-pyrrole nitrogens is 1. The van der Waals surface area contributed by atoms with Gasteiger partial charge in [0.15, 0.2) is 0 Å². The number of hydrogen-bond acceptors (Lipinski definition) is 4. The molecule has 0 saturated heterocycles. The molecule has 7 heteroatoms. The SMILES string of the molecule is Cc1ccc(C)c(F)c1.Cc1nc(Nc2cccnc2)nc2[nH]cc(Cl)c12. The second kappa shape index (κ2) is 8.14. The lowest BCUT2D eigenvalue weighted by Gasteiger charge is -2.05. The van der Waals surface area contributed by atoms with E-state index in [1.165, 1.54) is 6.07 Å². The van der Waals surface area contributed by atoms with Gasteiger partial charge in [-0.25, -0.2) is 9.37 Å². The minimum atomic E-state index is -0.116. The highest BCUT2D eigenvalue weighted by atomic mass is 35.5. The maximum atomic E-state index is 12.6. The number of nitrogens with one attached hydrogen (secondary N) is 2. The van der Waals surface area contributed by atoms with Crippen LogP contribution in [0.4, 0.5) is 16.0 Å². The zero-order valence-electron chi connectivity index (χ0n) is 15.2. The van der Waals surface area contributed by atoms with Gasteiger partial charge in [-0.2, -0.15) is 4.98 Å². The van der Waals surface area contributed by atoms with Gasteiger partial charge in [-0.1, -0.05) is 23.7 Å². The van der Waals surface area contributed by atoms with Gasteiger partial charge in [-0.15, -0.1) is 0 Å². The standard InChI is InChI=1S/C12H10ClN5.C8H9F/c1-7-10-9(13)6-15-11(10)18-12(16-7)17-8-3-2-4-14-5-8;1-6-3-4-7(2)8(9)5-6/h2-6H,1H3,(H2,15,16,17,18);3-5H,1-2H3. The molecule has 4 rings (SSSR count). The van der Waals surface area contributed by atoms with Crippen molar-refractivity contribution in [2.75, 3.05) is 5.32 Å². The average Bonchev–Trinajstić information content (AvgIpc) is 3.01. The minimum Gasteiger partial charge on any atom is -0.344 e. The van der Waals surface area contributed by atoms with Crippen molar-refractivity contribution < 1.29 is 4.39 Å². The molecule has 0 aliphatic heterocycles. The first-order valence-electron chi connectivity index (χ1n) is 8.35. The van der Waals surface area contributed by atoms with Gasteiger partial charge in [-0.05, 0) is 50.1 Å². The molecular weight excluding hydrogens is 365 g/mol. The third-order valence-electron chi connectivity index (χ3n) is 3.91. The van der Waals surface area contributed by atoms with Crippen molar-refractivity contribution in [1.29, 1.82) is 0 Å². The second-order valence-corrected chi connectivity index (χ2v) is 6.52. The molecule has 2 N–H and O–H groups in total. The molecule has 27 heavy (non-hydrogen) atoms. The summed E-state index contributed by atoms with van der Waals surface area (Å²) < 4.78 is 12.6. The van der Waals surface area contributed by atoms with E-state index in [-0.39, 0.29) is 5.82 Å². The Morgan fingerprint density at radius 2 is 1.93 bits per heavy atom. The molecule has 0 amide bonds. The Labute approximate surface area is 161 Å².